The molecule has 6 heteroatoms. The van der Waals surface area contributed by atoms with Gasteiger partial charge in [0.15, 0.2) is 0 Å². The highest BCUT2D eigenvalue weighted by Gasteiger charge is 2.39. The summed E-state index contributed by atoms with van der Waals surface area (Å²) < 4.78 is 25.9. The monoisotopic (exact) mass is 310 g/mol. The molecule has 0 saturated heterocycles. The molecule has 2 rings (SSSR count). The first kappa shape index (κ1) is 16.0. The number of carbonyl (C=O) groups is 1. The first-order valence-corrected chi connectivity index (χ1v) is 8.56. The number of hydrogen-bond donors (Lipinski definition) is 1. The zero-order valence-corrected chi connectivity index (χ0v) is 13.6. The lowest BCUT2D eigenvalue weighted by Gasteiger charge is -2.21. The van der Waals surface area contributed by atoms with Crippen LogP contribution in [0.15, 0.2) is 29.2 Å². The molecule has 0 bridgehead atoms. The molecule has 116 valence electrons. The Hall–Kier alpha value is -1.40. The normalized spacial score (nSPS) is 21.6. The van der Waals surface area contributed by atoms with Crippen molar-refractivity contribution >= 4 is 21.6 Å². The van der Waals surface area contributed by atoms with Crippen LogP contribution in [0.4, 0.5) is 5.69 Å². The van der Waals surface area contributed by atoms with Gasteiger partial charge in [-0.25, -0.2) is 8.42 Å². The number of carbonyl (C=O) groups excluding carboxylic acids is 1. The van der Waals surface area contributed by atoms with Crippen molar-refractivity contribution in [1.82, 2.24) is 4.31 Å². The summed E-state index contributed by atoms with van der Waals surface area (Å²) in [5.74, 6) is 0.558. The van der Waals surface area contributed by atoms with E-state index < -0.39 is 10.0 Å². The van der Waals surface area contributed by atoms with Crippen molar-refractivity contribution in [2.75, 3.05) is 12.4 Å². The molecule has 21 heavy (non-hydrogen) atoms. The van der Waals surface area contributed by atoms with Crippen LogP contribution in [0.2, 0.25) is 0 Å². The van der Waals surface area contributed by atoms with E-state index in [0.717, 1.165) is 6.42 Å². The fourth-order valence-electron chi connectivity index (χ4n) is 2.08. The Morgan fingerprint density at radius 1 is 1.29 bits per heavy atom. The summed E-state index contributed by atoms with van der Waals surface area (Å²) in [6.07, 6.45) is 0.928. The standard InChI is InChI=1S/C15H22N2O3S/c1-10(2)17(4)21(19,20)13-7-5-12(6-8-13)16-15(18)14-9-11(14)3/h5-8,10-11,14H,9H2,1-4H3,(H,16,18)/t11-,14+/m0/s1. The van der Waals surface area contributed by atoms with Crippen LogP contribution in [0.1, 0.15) is 27.2 Å². The molecule has 0 aromatic heterocycles. The maximum atomic E-state index is 12.3. The van der Waals surface area contributed by atoms with Crippen molar-refractivity contribution in [3.8, 4) is 0 Å². The molecule has 0 heterocycles. The lowest BCUT2D eigenvalue weighted by Crippen LogP contribution is -2.33. The van der Waals surface area contributed by atoms with Gasteiger partial charge in [0.2, 0.25) is 15.9 Å². The van der Waals surface area contributed by atoms with E-state index in [0.29, 0.717) is 11.6 Å². The summed E-state index contributed by atoms with van der Waals surface area (Å²) in [6, 6.07) is 6.21. The maximum absolute atomic E-state index is 12.3. The molecule has 2 atom stereocenters. The van der Waals surface area contributed by atoms with Crippen LogP contribution in [0.5, 0.6) is 0 Å². The molecule has 1 aliphatic carbocycles. The molecule has 5 nitrogen and oxygen atoms in total. The lowest BCUT2D eigenvalue weighted by molar-refractivity contribution is -0.117. The highest BCUT2D eigenvalue weighted by molar-refractivity contribution is 7.89. The predicted molar refractivity (Wildman–Crippen MR) is 82.4 cm³/mol. The Kier molecular flexibility index (Phi) is 4.39. The van der Waals surface area contributed by atoms with Crippen LogP contribution in [0, 0.1) is 11.8 Å². The van der Waals surface area contributed by atoms with E-state index >= 15 is 0 Å². The van der Waals surface area contributed by atoms with Crippen molar-refractivity contribution in [2.45, 2.75) is 38.1 Å². The zero-order chi connectivity index (χ0) is 15.8. The molecule has 0 spiro atoms. The quantitative estimate of drug-likeness (QED) is 0.907. The average Bonchev–Trinajstić information content (AvgIpc) is 3.15. The minimum absolute atomic E-state index is 0.0115. The summed E-state index contributed by atoms with van der Waals surface area (Å²) in [5.41, 5.74) is 0.630. The van der Waals surface area contributed by atoms with Gasteiger partial charge < -0.3 is 5.32 Å². The molecular formula is C15H22N2O3S. The fraction of sp³-hybridized carbons (Fsp3) is 0.533. The Morgan fingerprint density at radius 2 is 1.81 bits per heavy atom. The molecule has 0 aliphatic heterocycles. The Morgan fingerprint density at radius 3 is 2.24 bits per heavy atom. The van der Waals surface area contributed by atoms with Crippen molar-refractivity contribution in [3.63, 3.8) is 0 Å². The first-order valence-electron chi connectivity index (χ1n) is 7.12. The van der Waals surface area contributed by atoms with Gasteiger partial charge in [-0.15, -0.1) is 0 Å². The zero-order valence-electron chi connectivity index (χ0n) is 12.8. The summed E-state index contributed by atoms with van der Waals surface area (Å²) in [4.78, 5) is 12.1. The third-order valence-electron chi connectivity index (χ3n) is 3.97. The van der Waals surface area contributed by atoms with Crippen LogP contribution < -0.4 is 5.32 Å². The number of sulfonamides is 1. The number of hydrogen-bond acceptors (Lipinski definition) is 3. The summed E-state index contributed by atoms with van der Waals surface area (Å²) >= 11 is 0. The van der Waals surface area contributed by atoms with Crippen LogP contribution in [-0.4, -0.2) is 31.7 Å². The number of amides is 1. The third kappa shape index (κ3) is 3.44. The van der Waals surface area contributed by atoms with Gasteiger partial charge in [-0.2, -0.15) is 4.31 Å². The number of anilines is 1. The number of benzene rings is 1. The van der Waals surface area contributed by atoms with Crippen molar-refractivity contribution in [3.05, 3.63) is 24.3 Å². The van der Waals surface area contributed by atoms with E-state index in [1.54, 1.807) is 19.2 Å². The third-order valence-corrected chi connectivity index (χ3v) is 6.02. The van der Waals surface area contributed by atoms with E-state index in [4.69, 9.17) is 0 Å². The molecule has 1 aliphatic rings. The second-order valence-electron chi connectivity index (χ2n) is 5.95. The lowest BCUT2D eigenvalue weighted by atomic mass is 10.3. The van der Waals surface area contributed by atoms with E-state index in [2.05, 4.69) is 5.32 Å². The highest BCUT2D eigenvalue weighted by Crippen LogP contribution is 2.38. The van der Waals surface area contributed by atoms with Crippen molar-refractivity contribution < 1.29 is 13.2 Å². The van der Waals surface area contributed by atoms with Gasteiger partial charge in [0, 0.05) is 24.7 Å². The molecule has 0 radical (unpaired) electrons. The molecule has 1 N–H and O–H groups in total. The Bertz CT molecular complexity index is 623. The van der Waals surface area contributed by atoms with E-state index in [9.17, 15) is 13.2 Å². The smallest absolute Gasteiger partial charge is 0.243 e. The van der Waals surface area contributed by atoms with Crippen molar-refractivity contribution in [1.29, 1.82) is 0 Å². The van der Waals surface area contributed by atoms with Crippen LogP contribution >= 0.6 is 0 Å². The predicted octanol–water partition coefficient (Wildman–Crippen LogP) is 2.31. The van der Waals surface area contributed by atoms with Gasteiger partial charge in [-0.05, 0) is 50.5 Å². The van der Waals surface area contributed by atoms with Gasteiger partial charge in [0.05, 0.1) is 4.90 Å². The summed E-state index contributed by atoms with van der Waals surface area (Å²) in [7, 11) is -1.92. The second kappa shape index (κ2) is 5.77. The Labute approximate surface area is 126 Å². The van der Waals surface area contributed by atoms with Crippen LogP contribution in [0.3, 0.4) is 0 Å². The second-order valence-corrected chi connectivity index (χ2v) is 7.95. The largest absolute Gasteiger partial charge is 0.326 e. The Balaban J connectivity index is 2.10. The summed E-state index contributed by atoms with van der Waals surface area (Å²) in [6.45, 7) is 5.69. The number of rotatable bonds is 5. The maximum Gasteiger partial charge on any atom is 0.243 e. The van der Waals surface area contributed by atoms with Gasteiger partial charge in [0.1, 0.15) is 0 Å². The average molecular weight is 310 g/mol. The molecule has 0 unspecified atom stereocenters. The minimum atomic E-state index is -3.48. The minimum Gasteiger partial charge on any atom is -0.326 e. The summed E-state index contributed by atoms with van der Waals surface area (Å²) in [5, 5.41) is 2.82. The number of nitrogens with zero attached hydrogens (tertiary/aromatic N) is 1. The van der Waals surface area contributed by atoms with Gasteiger partial charge >= 0.3 is 0 Å². The first-order chi connectivity index (χ1) is 9.73. The van der Waals surface area contributed by atoms with E-state index in [1.807, 2.05) is 20.8 Å². The van der Waals surface area contributed by atoms with E-state index in [1.165, 1.54) is 16.4 Å². The molecule has 1 aromatic rings. The van der Waals surface area contributed by atoms with Crippen molar-refractivity contribution in [2.24, 2.45) is 11.8 Å². The fourth-order valence-corrected chi connectivity index (χ4v) is 3.44. The van der Waals surface area contributed by atoms with E-state index in [-0.39, 0.29) is 22.8 Å². The van der Waals surface area contributed by atoms with Crippen LogP contribution in [0.25, 0.3) is 0 Å². The van der Waals surface area contributed by atoms with Gasteiger partial charge in [-0.3, -0.25) is 4.79 Å². The molecule has 1 amide bonds. The molecule has 1 aromatic carbocycles. The van der Waals surface area contributed by atoms with Crippen LogP contribution in [-0.2, 0) is 14.8 Å². The SMILES string of the molecule is CC(C)N(C)S(=O)(=O)c1ccc(NC(=O)[C@@H]2C[C@@H]2C)cc1. The van der Waals surface area contributed by atoms with Gasteiger partial charge in [0.25, 0.3) is 0 Å². The molecule has 1 fully saturated rings. The highest BCUT2D eigenvalue weighted by atomic mass is 32.2. The molecular weight excluding hydrogens is 288 g/mol. The topological polar surface area (TPSA) is 66.5 Å². The van der Waals surface area contributed by atoms with Gasteiger partial charge in [-0.1, -0.05) is 6.92 Å². The number of nitrogens with one attached hydrogen (secondary N) is 1. The molecule has 1 saturated carbocycles.